The van der Waals surface area contributed by atoms with Crippen LogP contribution >= 0.6 is 0 Å². The van der Waals surface area contributed by atoms with E-state index >= 15 is 0 Å². The molecule has 11 heteroatoms. The van der Waals surface area contributed by atoms with Crippen LogP contribution in [0.15, 0.2) is 9.59 Å². The van der Waals surface area contributed by atoms with Crippen molar-refractivity contribution in [1.29, 1.82) is 0 Å². The molecular weight excluding hydrogens is 831 g/mol. The number of carbonyl (C=O) groups is 2. The number of ether oxygens (including phenoxy) is 4. The van der Waals surface area contributed by atoms with Gasteiger partial charge in [-0.15, -0.1) is 0 Å². The molecule has 1 N–H and O–H groups in total. The molecular formula is C55H103N3O8. The van der Waals surface area contributed by atoms with Crippen LogP contribution in [-0.4, -0.2) is 89.3 Å². The van der Waals surface area contributed by atoms with Crippen molar-refractivity contribution in [3.63, 3.8) is 0 Å². The van der Waals surface area contributed by atoms with Crippen molar-refractivity contribution in [3.05, 3.63) is 20.4 Å². The number of nitrogens with zero attached hydrogens (tertiary/aromatic N) is 2. The zero-order valence-electron chi connectivity index (χ0n) is 43.6. The molecule has 0 spiro atoms. The Morgan fingerprint density at radius 3 is 1.52 bits per heavy atom. The van der Waals surface area contributed by atoms with E-state index in [2.05, 4.69) is 31.0 Å². The van der Waals surface area contributed by atoms with E-state index in [1.54, 1.807) is 12.0 Å². The van der Waals surface area contributed by atoms with Gasteiger partial charge in [0.15, 0.2) is 0 Å². The van der Waals surface area contributed by atoms with Gasteiger partial charge in [-0.25, -0.2) is 0 Å². The lowest BCUT2D eigenvalue weighted by Gasteiger charge is -2.27. The van der Waals surface area contributed by atoms with Gasteiger partial charge in [0.2, 0.25) is 0 Å². The van der Waals surface area contributed by atoms with Gasteiger partial charge in [0, 0.05) is 39.6 Å². The van der Waals surface area contributed by atoms with Crippen LogP contribution in [0.4, 0.5) is 11.4 Å². The van der Waals surface area contributed by atoms with Crippen LogP contribution in [0.5, 0.6) is 0 Å². The summed E-state index contributed by atoms with van der Waals surface area (Å²) in [6.45, 7) is 14.4. The monoisotopic (exact) mass is 934 g/mol. The quantitative estimate of drug-likeness (QED) is 0.0291. The van der Waals surface area contributed by atoms with Gasteiger partial charge < -0.3 is 34.1 Å². The van der Waals surface area contributed by atoms with Crippen molar-refractivity contribution in [1.82, 2.24) is 4.90 Å². The van der Waals surface area contributed by atoms with Gasteiger partial charge in [-0.3, -0.25) is 19.2 Å². The molecule has 0 aliphatic carbocycles. The normalized spacial score (nSPS) is 11.6. The highest BCUT2D eigenvalue weighted by molar-refractivity contribution is 5.75. The maximum atomic E-state index is 12.9. The Hall–Kier alpha value is -2.50. The van der Waals surface area contributed by atoms with Gasteiger partial charge in [0.05, 0.1) is 13.2 Å². The topological polar surface area (TPSA) is 124 Å². The van der Waals surface area contributed by atoms with E-state index in [4.69, 9.17) is 18.9 Å². The number of carbonyl (C=O) groups excluding carboxylic acids is 2. The molecule has 0 saturated carbocycles. The number of hydrogen-bond acceptors (Lipinski definition) is 11. The second-order valence-corrected chi connectivity index (χ2v) is 19.0. The Morgan fingerprint density at radius 2 is 0.985 bits per heavy atom. The van der Waals surface area contributed by atoms with Gasteiger partial charge in [0.25, 0.3) is 10.9 Å². The standard InChI is InChI=1S/C55H103N3O8/c1-6-10-13-16-19-28-35-46-65-50(59)39-31-24-20-26-33-42-57(44-36-41-56-52-53(55(62)54(52)61)58(45-47-63-5)48-64-9-4)43-34-27-21-25-32-40-51(60)66-49(37-29-22-17-14-11-7-2)38-30-23-18-15-12-8-3/h49,56H,6-48H2,1-5H3. The zero-order chi connectivity index (χ0) is 48.1. The van der Waals surface area contributed by atoms with Crippen molar-refractivity contribution < 1.29 is 28.5 Å². The zero-order valence-corrected chi connectivity index (χ0v) is 43.6. The molecule has 11 nitrogen and oxygen atoms in total. The van der Waals surface area contributed by atoms with Crippen LogP contribution < -0.4 is 21.1 Å². The van der Waals surface area contributed by atoms with Gasteiger partial charge in [-0.1, -0.05) is 162 Å². The van der Waals surface area contributed by atoms with Crippen molar-refractivity contribution in [2.75, 3.05) is 76.6 Å². The van der Waals surface area contributed by atoms with Crippen molar-refractivity contribution in [2.24, 2.45) is 0 Å². The molecule has 0 atom stereocenters. The lowest BCUT2D eigenvalue weighted by atomic mass is 10.0. The highest BCUT2D eigenvalue weighted by atomic mass is 16.5. The number of hydrogen-bond donors (Lipinski definition) is 1. The summed E-state index contributed by atoms with van der Waals surface area (Å²) in [6.07, 6.45) is 38.2. The minimum atomic E-state index is -0.469. The molecule has 0 unspecified atom stereocenters. The number of unbranched alkanes of at least 4 members (excludes halogenated alkanes) is 24. The fourth-order valence-electron chi connectivity index (χ4n) is 8.74. The molecule has 66 heavy (non-hydrogen) atoms. The van der Waals surface area contributed by atoms with Crippen LogP contribution in [0, 0.1) is 0 Å². The van der Waals surface area contributed by atoms with Gasteiger partial charge in [0.1, 0.15) is 24.2 Å². The maximum Gasteiger partial charge on any atom is 0.306 e. The molecule has 0 fully saturated rings. The summed E-state index contributed by atoms with van der Waals surface area (Å²) in [7, 11) is 1.62. The van der Waals surface area contributed by atoms with Crippen molar-refractivity contribution in [2.45, 2.75) is 252 Å². The van der Waals surface area contributed by atoms with E-state index in [1.807, 2.05) is 6.92 Å². The molecule has 0 aromatic heterocycles. The number of esters is 2. The molecule has 0 saturated heterocycles. The average molecular weight is 934 g/mol. The summed E-state index contributed by atoms with van der Waals surface area (Å²) in [5.41, 5.74) is -0.141. The highest BCUT2D eigenvalue weighted by Crippen LogP contribution is 2.21. The Labute approximate surface area is 404 Å². The number of nitrogens with one attached hydrogen (secondary N) is 1. The Balaban J connectivity index is 2.55. The SMILES string of the molecule is CCCCCCCCCOC(=O)CCCCCCCN(CCCCCCCC(=O)OC(CCCCCCCC)CCCCCCCC)CCCNc1c(N(CCOC)COCC)c(=O)c1=O. The fourth-order valence-corrected chi connectivity index (χ4v) is 8.74. The molecule has 386 valence electrons. The van der Waals surface area contributed by atoms with Gasteiger partial charge in [-0.05, 0) is 90.8 Å². The molecule has 1 aromatic rings. The van der Waals surface area contributed by atoms with Crippen LogP contribution in [0.2, 0.25) is 0 Å². The molecule has 1 rings (SSSR count). The lowest BCUT2D eigenvalue weighted by Crippen LogP contribution is -2.44. The Morgan fingerprint density at radius 1 is 0.515 bits per heavy atom. The Kier molecular flexibility index (Phi) is 41.9. The highest BCUT2D eigenvalue weighted by Gasteiger charge is 2.26. The first-order chi connectivity index (χ1) is 32.3. The van der Waals surface area contributed by atoms with E-state index in [0.717, 1.165) is 129 Å². The van der Waals surface area contributed by atoms with E-state index in [-0.39, 0.29) is 24.8 Å². The minimum absolute atomic E-state index is 0.0108. The number of anilines is 2. The summed E-state index contributed by atoms with van der Waals surface area (Å²) in [6, 6.07) is 0. The van der Waals surface area contributed by atoms with Crippen LogP contribution in [0.1, 0.15) is 246 Å². The third-order valence-corrected chi connectivity index (χ3v) is 12.9. The summed E-state index contributed by atoms with van der Waals surface area (Å²) in [4.78, 5) is 54.7. The first-order valence-corrected chi connectivity index (χ1v) is 27.8. The van der Waals surface area contributed by atoms with E-state index in [0.29, 0.717) is 57.1 Å². The third kappa shape index (κ3) is 33.1. The Bertz CT molecular complexity index is 1310. The van der Waals surface area contributed by atoms with Crippen LogP contribution in [0.3, 0.4) is 0 Å². The number of rotatable bonds is 51. The molecule has 0 aliphatic heterocycles. The number of methoxy groups -OCH3 is 1. The molecule has 0 radical (unpaired) electrons. The molecule has 0 aliphatic rings. The van der Waals surface area contributed by atoms with E-state index in [1.165, 1.54) is 96.3 Å². The predicted molar refractivity (Wildman–Crippen MR) is 277 cm³/mol. The summed E-state index contributed by atoms with van der Waals surface area (Å²) in [5, 5.41) is 3.28. The second-order valence-electron chi connectivity index (χ2n) is 19.0. The smallest absolute Gasteiger partial charge is 0.306 e. The first kappa shape index (κ1) is 61.5. The lowest BCUT2D eigenvalue weighted by molar-refractivity contribution is -0.150. The molecule has 0 amide bonds. The average Bonchev–Trinajstić information content (AvgIpc) is 3.32. The maximum absolute atomic E-state index is 12.9. The fraction of sp³-hybridized carbons (Fsp3) is 0.891. The minimum Gasteiger partial charge on any atom is -0.466 e. The third-order valence-electron chi connectivity index (χ3n) is 12.9. The summed E-state index contributed by atoms with van der Waals surface area (Å²) in [5.74, 6) is -0.0666. The first-order valence-electron chi connectivity index (χ1n) is 27.8. The molecule has 0 heterocycles. The van der Waals surface area contributed by atoms with Crippen molar-refractivity contribution >= 4 is 23.3 Å². The molecule has 1 aromatic carbocycles. The van der Waals surface area contributed by atoms with Gasteiger partial charge in [-0.2, -0.15) is 0 Å². The van der Waals surface area contributed by atoms with E-state index in [9.17, 15) is 19.2 Å². The van der Waals surface area contributed by atoms with Crippen LogP contribution in [-0.2, 0) is 28.5 Å². The van der Waals surface area contributed by atoms with Crippen LogP contribution in [0.25, 0.3) is 0 Å². The van der Waals surface area contributed by atoms with E-state index < -0.39 is 10.9 Å². The summed E-state index contributed by atoms with van der Waals surface area (Å²) < 4.78 is 22.4. The second kappa shape index (κ2) is 45.0. The predicted octanol–water partition coefficient (Wildman–Crippen LogP) is 13.2. The van der Waals surface area contributed by atoms with Crippen molar-refractivity contribution in [3.8, 4) is 0 Å². The van der Waals surface area contributed by atoms with Gasteiger partial charge >= 0.3 is 11.9 Å². The summed E-state index contributed by atoms with van der Waals surface area (Å²) >= 11 is 0. The largest absolute Gasteiger partial charge is 0.466 e. The molecule has 0 bridgehead atoms.